The van der Waals surface area contributed by atoms with Gasteiger partial charge in [0.15, 0.2) is 0 Å². The number of hydrogen-bond acceptors (Lipinski definition) is 8. The van der Waals surface area contributed by atoms with E-state index in [1.165, 1.54) is 7.28 Å². The van der Waals surface area contributed by atoms with Crippen LogP contribution in [0, 0.1) is 24.5 Å². The summed E-state index contributed by atoms with van der Waals surface area (Å²) in [6, 6.07) is 0. The van der Waals surface area contributed by atoms with Crippen molar-refractivity contribution in [1.29, 1.82) is 0 Å². The molecule has 0 aromatic rings. The van der Waals surface area contributed by atoms with Crippen molar-refractivity contribution < 1.29 is 82.6 Å². The van der Waals surface area contributed by atoms with E-state index in [2.05, 4.69) is 40.8 Å². The molecular weight excluding hydrogens is 625 g/mol. The predicted molar refractivity (Wildman–Crippen MR) is 145 cm³/mol. The second-order valence-electron chi connectivity index (χ2n) is 7.60. The third kappa shape index (κ3) is 29.4. The average Bonchev–Trinajstić information content (AvgIpc) is 2.90. The van der Waals surface area contributed by atoms with Crippen LogP contribution in [0.2, 0.25) is 0 Å². The maximum Gasteiger partial charge on any atom is 0.373 e. The molecule has 0 aromatic heterocycles. The molecule has 0 spiro atoms. The summed E-state index contributed by atoms with van der Waals surface area (Å²) in [5, 5.41) is 0. The summed E-state index contributed by atoms with van der Waals surface area (Å²) in [6.45, 7) is 24.7. The molecule has 0 atom stereocenters. The first-order valence-corrected chi connectivity index (χ1v) is 12.4. The van der Waals surface area contributed by atoms with Crippen molar-refractivity contribution in [2.24, 2.45) is 10.8 Å². The fraction of sp³-hybridized carbons (Fsp3) is 0.643. The van der Waals surface area contributed by atoms with Crippen LogP contribution < -0.4 is 0 Å². The van der Waals surface area contributed by atoms with Gasteiger partial charge in [0.1, 0.15) is 0 Å². The van der Waals surface area contributed by atoms with E-state index in [0.717, 1.165) is 45.3 Å². The summed E-state index contributed by atoms with van der Waals surface area (Å²) < 4.78 is 16.4. The van der Waals surface area contributed by atoms with E-state index in [1.807, 2.05) is 20.8 Å². The molecule has 0 rings (SSSR count). The van der Waals surface area contributed by atoms with Crippen LogP contribution in [-0.4, -0.2) is 44.7 Å². The quantitative estimate of drug-likeness (QED) is 0.0932. The van der Waals surface area contributed by atoms with E-state index in [9.17, 15) is 9.59 Å². The third-order valence-corrected chi connectivity index (χ3v) is 5.30. The Bertz CT molecular complexity index is 639. The molecule has 0 fully saturated rings. The Morgan fingerprint density at radius 1 is 0.821 bits per heavy atom. The zero-order chi connectivity index (χ0) is 30.9. The van der Waals surface area contributed by atoms with Crippen LogP contribution in [0.3, 0.4) is 0 Å². The van der Waals surface area contributed by atoms with Gasteiger partial charge in [0, 0.05) is 43.0 Å². The maximum atomic E-state index is 11.9. The molecule has 2 radical (unpaired) electrons. The Balaban J connectivity index is -0.0000000786. The number of ether oxygens (including phenoxy) is 2. The second kappa shape index (κ2) is 41.1. The molecule has 0 unspecified atom stereocenters. The first-order valence-electron chi connectivity index (χ1n) is 13.0. The van der Waals surface area contributed by atoms with Gasteiger partial charge in [-0.25, -0.2) is 1.37 Å². The molecule has 0 aliphatic carbocycles. The van der Waals surface area contributed by atoms with Crippen LogP contribution in [0.4, 0.5) is 0 Å². The summed E-state index contributed by atoms with van der Waals surface area (Å²) in [7, 11) is 1.42. The van der Waals surface area contributed by atoms with Gasteiger partial charge in [0.25, 0.3) is 0 Å². The molecule has 0 aliphatic heterocycles. The van der Waals surface area contributed by atoms with Crippen molar-refractivity contribution >= 4 is 31.5 Å². The number of hydrogen-bond donors (Lipinski definition) is 0. The summed E-state index contributed by atoms with van der Waals surface area (Å²) in [5.41, 5.74) is -0.654. The van der Waals surface area contributed by atoms with Gasteiger partial charge in [0.2, 0.25) is 0 Å². The minimum Gasteiger partial charge on any atom is -0.466 e. The standard InChI is InChI=1S/C12H24O2.C12H20O2.C2H4B.2CO2.Co.Zr/c2*1-5-9-12(7-3,10-6-2)11(13)14-8-4;1-3-2;2*2-1-3;;/h5-10H2,1-4H3;5-6H,1-2,7-10H2,3-4H3;1-2H2;;;;/q;;-2;;;;/i;;1T;;;;. The summed E-state index contributed by atoms with van der Waals surface area (Å²) in [4.78, 5) is 56.1. The molecule has 0 saturated carbocycles. The van der Waals surface area contributed by atoms with E-state index < -0.39 is 5.41 Å². The SMILES string of the molecule is C=CCC(CC)(CC=C)C(=O)OCC.CCCC(CC)(CCC)C(=O)OCC.O=C=O.O=C=O.[3H][CH-][B][CH2-].[Co].[Zr]. The predicted octanol–water partition coefficient (Wildman–Crippen LogP) is 5.75. The van der Waals surface area contributed by atoms with Gasteiger partial charge in [-0.3, -0.25) is 9.59 Å². The van der Waals surface area contributed by atoms with Crippen molar-refractivity contribution in [1.82, 2.24) is 0 Å². The molecule has 226 valence electrons. The van der Waals surface area contributed by atoms with Gasteiger partial charge in [-0.05, 0) is 52.4 Å². The molecule has 0 aliphatic rings. The molecule has 8 nitrogen and oxygen atoms in total. The zero-order valence-electron chi connectivity index (χ0n) is 25.6. The smallest absolute Gasteiger partial charge is 0.373 e. The number of esters is 2. The minimum atomic E-state index is -0.445. The van der Waals surface area contributed by atoms with E-state index in [1.54, 1.807) is 12.2 Å². The Kier molecular flexibility index (Phi) is 53.2. The largest absolute Gasteiger partial charge is 0.466 e. The molecule has 0 aromatic carbocycles. The van der Waals surface area contributed by atoms with Crippen LogP contribution >= 0.6 is 0 Å². The van der Waals surface area contributed by atoms with Crippen molar-refractivity contribution in [3.8, 4) is 0 Å². The second-order valence-corrected chi connectivity index (χ2v) is 7.60. The van der Waals surface area contributed by atoms with Crippen molar-refractivity contribution in [3.05, 3.63) is 38.9 Å². The summed E-state index contributed by atoms with van der Waals surface area (Å²) in [6.07, 6.45) is 11.0. The van der Waals surface area contributed by atoms with E-state index in [0.29, 0.717) is 26.1 Å². The summed E-state index contributed by atoms with van der Waals surface area (Å²) in [5.74, 6) is -0.131. The molecule has 0 N–H and O–H groups in total. The number of carbonyl (C=O) groups excluding carboxylic acids is 6. The normalized spacial score (nSPS) is 9.05. The topological polar surface area (TPSA) is 121 Å². The molecule has 11 heteroatoms. The van der Waals surface area contributed by atoms with E-state index >= 15 is 0 Å². The van der Waals surface area contributed by atoms with Crippen LogP contribution in [0.25, 0.3) is 0 Å². The molecular formula is C28H48BCoO8Zr-2. The zero-order valence-corrected chi connectivity index (χ0v) is 28.1. The van der Waals surface area contributed by atoms with Gasteiger partial charge in [-0.1, -0.05) is 52.7 Å². The Labute approximate surface area is 268 Å². The van der Waals surface area contributed by atoms with E-state index in [-0.39, 0.29) is 72.6 Å². The first-order chi connectivity index (χ1) is 18.1. The molecule has 0 heterocycles. The third-order valence-electron chi connectivity index (χ3n) is 5.30. The van der Waals surface area contributed by atoms with Gasteiger partial charge >= 0.3 is 24.2 Å². The monoisotopic (exact) mass is 674 g/mol. The van der Waals surface area contributed by atoms with Gasteiger partial charge in [-0.2, -0.15) is 19.2 Å². The Morgan fingerprint density at radius 3 is 1.28 bits per heavy atom. The van der Waals surface area contributed by atoms with Crippen LogP contribution in [0.1, 0.15) is 94.3 Å². The first kappa shape index (κ1) is 50.5. The van der Waals surface area contributed by atoms with Crippen molar-refractivity contribution in [2.45, 2.75) is 92.9 Å². The number of carbonyl (C=O) groups is 2. The van der Waals surface area contributed by atoms with Crippen molar-refractivity contribution in [3.63, 3.8) is 0 Å². The number of rotatable bonds is 15. The van der Waals surface area contributed by atoms with Gasteiger partial charge < -0.3 is 30.4 Å². The van der Waals surface area contributed by atoms with Gasteiger partial charge in [0.05, 0.1) is 24.0 Å². The average molecular weight is 676 g/mol. The Hall–Kier alpha value is -1.37. The molecule has 39 heavy (non-hydrogen) atoms. The van der Waals surface area contributed by atoms with Crippen LogP contribution in [-0.2, 0) is 81.2 Å². The molecule has 0 bridgehead atoms. The van der Waals surface area contributed by atoms with Crippen molar-refractivity contribution in [2.75, 3.05) is 13.2 Å². The maximum absolute atomic E-state index is 11.9. The fourth-order valence-electron chi connectivity index (χ4n) is 3.59. The molecule has 0 amide bonds. The van der Waals surface area contributed by atoms with Crippen LogP contribution in [0.5, 0.6) is 0 Å². The number of allylic oxidation sites excluding steroid dienone is 2. The van der Waals surface area contributed by atoms with Crippen LogP contribution in [0.15, 0.2) is 25.3 Å². The summed E-state index contributed by atoms with van der Waals surface area (Å²) >= 11 is 0. The molecule has 0 saturated heterocycles. The van der Waals surface area contributed by atoms with Gasteiger partial charge in [-0.15, -0.1) is 13.2 Å². The Morgan fingerprint density at radius 2 is 1.10 bits per heavy atom. The minimum absolute atomic E-state index is 0. The van der Waals surface area contributed by atoms with E-state index in [4.69, 9.17) is 30.0 Å². The fourth-order valence-corrected chi connectivity index (χ4v) is 3.59.